The molecule has 0 aromatic carbocycles. The van der Waals surface area contributed by atoms with Crippen LogP contribution in [0.15, 0.2) is 23.3 Å². The summed E-state index contributed by atoms with van der Waals surface area (Å²) in [6.07, 6.45) is 7.75. The van der Waals surface area contributed by atoms with Crippen molar-refractivity contribution in [2.75, 3.05) is 0 Å². The number of aliphatic carboxylic acids is 1. The van der Waals surface area contributed by atoms with Crippen LogP contribution in [-0.2, 0) is 14.3 Å². The largest absolute Gasteiger partial charge is 0.481 e. The van der Waals surface area contributed by atoms with Crippen LogP contribution in [0.25, 0.3) is 0 Å². The molecule has 1 fully saturated rings. The van der Waals surface area contributed by atoms with E-state index in [1.54, 1.807) is 0 Å². The van der Waals surface area contributed by atoms with Gasteiger partial charge in [0.25, 0.3) is 0 Å². The van der Waals surface area contributed by atoms with E-state index in [0.717, 1.165) is 12.0 Å². The minimum absolute atomic E-state index is 0.132. The molecule has 5 heteroatoms. The molecule has 0 aromatic heterocycles. The van der Waals surface area contributed by atoms with Crippen LogP contribution in [0.3, 0.4) is 0 Å². The number of hydrogen-bond acceptors (Lipinski definition) is 4. The Kier molecular flexibility index (Phi) is 8.76. The Bertz CT molecular complexity index is 492. The molecule has 1 aliphatic heterocycles. The lowest BCUT2D eigenvalue weighted by Gasteiger charge is -2.30. The van der Waals surface area contributed by atoms with Gasteiger partial charge in [-0.05, 0) is 24.8 Å². The zero-order valence-electron chi connectivity index (χ0n) is 15.0. The molecule has 136 valence electrons. The van der Waals surface area contributed by atoms with Gasteiger partial charge in [0.15, 0.2) is 0 Å². The van der Waals surface area contributed by atoms with Gasteiger partial charge in [0.05, 0.1) is 12.5 Å². The van der Waals surface area contributed by atoms with E-state index in [9.17, 15) is 14.7 Å². The minimum Gasteiger partial charge on any atom is -0.481 e. The van der Waals surface area contributed by atoms with Crippen LogP contribution in [0.1, 0.15) is 65.7 Å². The first-order valence-electron chi connectivity index (χ1n) is 8.83. The van der Waals surface area contributed by atoms with E-state index >= 15 is 0 Å². The van der Waals surface area contributed by atoms with Crippen molar-refractivity contribution in [3.63, 3.8) is 0 Å². The summed E-state index contributed by atoms with van der Waals surface area (Å²) in [6, 6.07) is 0. The number of esters is 1. The molecule has 3 atom stereocenters. The Morgan fingerprint density at radius 3 is 2.71 bits per heavy atom. The first-order chi connectivity index (χ1) is 11.3. The molecule has 1 saturated heterocycles. The highest BCUT2D eigenvalue weighted by Gasteiger charge is 2.33. The second-order valence-corrected chi connectivity index (χ2v) is 6.66. The van der Waals surface area contributed by atoms with Crippen molar-refractivity contribution in [2.45, 2.75) is 77.9 Å². The van der Waals surface area contributed by atoms with Gasteiger partial charge in [-0.15, -0.1) is 0 Å². The minimum atomic E-state index is -1.01. The zero-order chi connectivity index (χ0) is 18.1. The molecule has 0 amide bonds. The van der Waals surface area contributed by atoms with Gasteiger partial charge < -0.3 is 14.9 Å². The van der Waals surface area contributed by atoms with Gasteiger partial charge in [0, 0.05) is 12.0 Å². The third kappa shape index (κ3) is 6.87. The number of carboxylic acids is 1. The highest BCUT2D eigenvalue weighted by molar-refractivity contribution is 5.90. The molecule has 0 radical (unpaired) electrons. The van der Waals surface area contributed by atoms with Gasteiger partial charge in [0.1, 0.15) is 6.10 Å². The van der Waals surface area contributed by atoms with Gasteiger partial charge in [-0.3, -0.25) is 4.79 Å². The van der Waals surface area contributed by atoms with E-state index in [-0.39, 0.29) is 18.4 Å². The van der Waals surface area contributed by atoms with Crippen LogP contribution >= 0.6 is 0 Å². The number of carbonyl (C=O) groups is 2. The van der Waals surface area contributed by atoms with Gasteiger partial charge in [-0.1, -0.05) is 51.7 Å². The molecule has 0 spiro atoms. The Hall–Kier alpha value is -1.62. The van der Waals surface area contributed by atoms with Crippen LogP contribution < -0.4 is 0 Å². The Morgan fingerprint density at radius 2 is 2.08 bits per heavy atom. The summed E-state index contributed by atoms with van der Waals surface area (Å²) in [5, 5.41) is 18.9. The number of cyclic esters (lactones) is 1. The third-order valence-electron chi connectivity index (χ3n) is 4.31. The van der Waals surface area contributed by atoms with Crippen molar-refractivity contribution in [1.29, 1.82) is 0 Å². The average molecular weight is 338 g/mol. The lowest BCUT2D eigenvalue weighted by atomic mass is 9.92. The third-order valence-corrected chi connectivity index (χ3v) is 4.31. The van der Waals surface area contributed by atoms with Crippen molar-refractivity contribution in [1.82, 2.24) is 0 Å². The normalized spacial score (nSPS) is 24.8. The molecule has 0 saturated carbocycles. The first-order valence-corrected chi connectivity index (χ1v) is 8.83. The molecule has 1 unspecified atom stereocenters. The molecular formula is C19H30O5. The average Bonchev–Trinajstić information content (AvgIpc) is 2.51. The standard InChI is InChI=1S/C19H30O5/c1-4-5-6-7-8-13(2)11-14(3)18-16(20)12-15(19(23)24-18)9-10-17(21)22/h9,11,13,16,18,20H,4-8,10,12H2,1-3H3,(H,21,22)/b14-11+,15-9-/t13?,16-,18+/m0/s1. The maximum atomic E-state index is 12.0. The molecule has 1 rings (SSSR count). The van der Waals surface area contributed by atoms with Crippen LogP contribution in [0.5, 0.6) is 0 Å². The number of aliphatic hydroxyl groups excluding tert-OH is 1. The summed E-state index contributed by atoms with van der Waals surface area (Å²) in [4.78, 5) is 22.6. The number of carboxylic acid groups (broad SMARTS) is 1. The summed E-state index contributed by atoms with van der Waals surface area (Å²) in [5.41, 5.74) is 1.10. The fourth-order valence-electron chi connectivity index (χ4n) is 2.98. The lowest BCUT2D eigenvalue weighted by Crippen LogP contribution is -2.39. The van der Waals surface area contributed by atoms with Crippen LogP contribution in [-0.4, -0.2) is 34.4 Å². The Labute approximate surface area is 144 Å². The van der Waals surface area contributed by atoms with Gasteiger partial charge in [-0.2, -0.15) is 0 Å². The van der Waals surface area contributed by atoms with Crippen LogP contribution in [0.4, 0.5) is 0 Å². The number of carbonyl (C=O) groups excluding carboxylic acids is 1. The first kappa shape index (κ1) is 20.4. The molecule has 24 heavy (non-hydrogen) atoms. The fraction of sp³-hybridized carbons (Fsp3) is 0.684. The van der Waals surface area contributed by atoms with E-state index in [1.165, 1.54) is 31.8 Å². The summed E-state index contributed by atoms with van der Waals surface area (Å²) in [5.74, 6) is -1.17. The molecule has 2 N–H and O–H groups in total. The van der Waals surface area contributed by atoms with Crippen molar-refractivity contribution >= 4 is 11.9 Å². The van der Waals surface area contributed by atoms with E-state index in [0.29, 0.717) is 5.92 Å². The fourth-order valence-corrected chi connectivity index (χ4v) is 2.98. The number of rotatable bonds is 9. The number of ether oxygens (including phenoxy) is 1. The highest BCUT2D eigenvalue weighted by atomic mass is 16.6. The van der Waals surface area contributed by atoms with E-state index in [2.05, 4.69) is 19.9 Å². The molecule has 0 aromatic rings. The van der Waals surface area contributed by atoms with Crippen molar-refractivity contribution in [2.24, 2.45) is 5.92 Å². The van der Waals surface area contributed by atoms with Crippen molar-refractivity contribution in [3.8, 4) is 0 Å². The van der Waals surface area contributed by atoms with E-state index in [1.807, 2.05) is 6.92 Å². The van der Waals surface area contributed by atoms with E-state index < -0.39 is 24.1 Å². The summed E-state index contributed by atoms with van der Waals surface area (Å²) >= 11 is 0. The number of allylic oxidation sites excluding steroid dienone is 1. The molecular weight excluding hydrogens is 308 g/mol. The number of unbranched alkanes of at least 4 members (excludes halogenated alkanes) is 3. The maximum absolute atomic E-state index is 12.0. The lowest BCUT2D eigenvalue weighted by molar-refractivity contribution is -0.152. The number of aliphatic hydroxyl groups is 1. The monoisotopic (exact) mass is 338 g/mol. The highest BCUT2D eigenvalue weighted by Crippen LogP contribution is 2.26. The van der Waals surface area contributed by atoms with E-state index in [4.69, 9.17) is 9.84 Å². The Balaban J connectivity index is 2.60. The zero-order valence-corrected chi connectivity index (χ0v) is 15.0. The predicted octanol–water partition coefficient (Wildman–Crippen LogP) is 3.62. The quantitative estimate of drug-likeness (QED) is 0.290. The second kappa shape index (κ2) is 10.3. The van der Waals surface area contributed by atoms with Crippen LogP contribution in [0, 0.1) is 5.92 Å². The van der Waals surface area contributed by atoms with Gasteiger partial charge in [0.2, 0.25) is 0 Å². The molecule has 0 aliphatic carbocycles. The summed E-state index contributed by atoms with van der Waals surface area (Å²) in [7, 11) is 0. The Morgan fingerprint density at radius 1 is 1.38 bits per heavy atom. The maximum Gasteiger partial charge on any atom is 0.334 e. The summed E-state index contributed by atoms with van der Waals surface area (Å²) < 4.78 is 5.33. The molecule has 5 nitrogen and oxygen atoms in total. The SMILES string of the molecule is CCCCCCC(C)/C=C(\C)[C@H]1OC(=O)/C(=C\CC(=O)O)C[C@@H]1O. The smallest absolute Gasteiger partial charge is 0.334 e. The molecule has 1 aliphatic rings. The van der Waals surface area contributed by atoms with Crippen molar-refractivity contribution in [3.05, 3.63) is 23.3 Å². The number of hydrogen-bond donors (Lipinski definition) is 2. The van der Waals surface area contributed by atoms with Gasteiger partial charge >= 0.3 is 11.9 Å². The van der Waals surface area contributed by atoms with Gasteiger partial charge in [-0.25, -0.2) is 4.79 Å². The predicted molar refractivity (Wildman–Crippen MR) is 92.5 cm³/mol. The molecule has 1 heterocycles. The second-order valence-electron chi connectivity index (χ2n) is 6.66. The van der Waals surface area contributed by atoms with Crippen molar-refractivity contribution < 1.29 is 24.5 Å². The molecule has 0 bridgehead atoms. The van der Waals surface area contributed by atoms with Crippen LogP contribution in [0.2, 0.25) is 0 Å². The summed E-state index contributed by atoms with van der Waals surface area (Å²) in [6.45, 7) is 6.19. The topological polar surface area (TPSA) is 83.8 Å².